The monoisotopic (exact) mass is 235 g/mol. The van der Waals surface area contributed by atoms with Gasteiger partial charge < -0.3 is 10.4 Å². The molecule has 1 aromatic rings. The SMILES string of the molecule is Cc1cccc(C)c1CNC(CO)CC(C)C. The summed E-state index contributed by atoms with van der Waals surface area (Å²) in [5.41, 5.74) is 3.99. The predicted molar refractivity (Wildman–Crippen MR) is 73.1 cm³/mol. The van der Waals surface area contributed by atoms with Crippen molar-refractivity contribution >= 4 is 0 Å². The second-order valence-electron chi connectivity index (χ2n) is 5.26. The number of aliphatic hydroxyl groups excluding tert-OH is 1. The Morgan fingerprint density at radius 2 is 1.76 bits per heavy atom. The van der Waals surface area contributed by atoms with Crippen LogP contribution >= 0.6 is 0 Å². The van der Waals surface area contributed by atoms with E-state index < -0.39 is 0 Å². The van der Waals surface area contributed by atoms with E-state index in [-0.39, 0.29) is 12.6 Å². The second-order valence-corrected chi connectivity index (χ2v) is 5.26. The summed E-state index contributed by atoms with van der Waals surface area (Å²) in [4.78, 5) is 0. The highest BCUT2D eigenvalue weighted by Crippen LogP contribution is 2.13. The molecule has 0 aliphatic heterocycles. The molecule has 0 spiro atoms. The van der Waals surface area contributed by atoms with E-state index in [0.29, 0.717) is 5.92 Å². The number of aryl methyl sites for hydroxylation is 2. The van der Waals surface area contributed by atoms with Crippen molar-refractivity contribution in [3.05, 3.63) is 34.9 Å². The fraction of sp³-hybridized carbons (Fsp3) is 0.600. The summed E-state index contributed by atoms with van der Waals surface area (Å²) in [5.74, 6) is 0.609. The largest absolute Gasteiger partial charge is 0.395 e. The highest BCUT2D eigenvalue weighted by atomic mass is 16.3. The topological polar surface area (TPSA) is 32.3 Å². The maximum absolute atomic E-state index is 9.33. The van der Waals surface area contributed by atoms with E-state index in [4.69, 9.17) is 0 Å². The van der Waals surface area contributed by atoms with Crippen molar-refractivity contribution in [2.45, 2.75) is 46.7 Å². The molecule has 0 fully saturated rings. The number of benzene rings is 1. The lowest BCUT2D eigenvalue weighted by Crippen LogP contribution is -2.33. The van der Waals surface area contributed by atoms with Gasteiger partial charge in [0, 0.05) is 12.6 Å². The Hall–Kier alpha value is -0.860. The van der Waals surface area contributed by atoms with Crippen LogP contribution in [-0.2, 0) is 6.54 Å². The molecular weight excluding hydrogens is 210 g/mol. The molecule has 2 heteroatoms. The average molecular weight is 235 g/mol. The van der Waals surface area contributed by atoms with E-state index in [1.54, 1.807) is 0 Å². The predicted octanol–water partition coefficient (Wildman–Crippen LogP) is 2.80. The van der Waals surface area contributed by atoms with Crippen molar-refractivity contribution in [1.82, 2.24) is 5.32 Å². The Balaban J connectivity index is 2.59. The first-order valence-electron chi connectivity index (χ1n) is 6.44. The summed E-state index contributed by atoms with van der Waals surface area (Å²) < 4.78 is 0. The van der Waals surface area contributed by atoms with E-state index in [9.17, 15) is 5.11 Å². The number of hydrogen-bond acceptors (Lipinski definition) is 2. The zero-order valence-corrected chi connectivity index (χ0v) is 11.5. The Labute approximate surface area is 105 Å². The van der Waals surface area contributed by atoms with Crippen LogP contribution in [0.25, 0.3) is 0 Å². The lowest BCUT2D eigenvalue weighted by Gasteiger charge is -2.19. The Bertz CT molecular complexity index is 327. The molecule has 1 atom stereocenters. The van der Waals surface area contributed by atoms with Gasteiger partial charge in [-0.15, -0.1) is 0 Å². The molecule has 0 aromatic heterocycles. The molecular formula is C15H25NO. The molecule has 1 aromatic carbocycles. The van der Waals surface area contributed by atoms with Crippen molar-refractivity contribution in [2.75, 3.05) is 6.61 Å². The van der Waals surface area contributed by atoms with Crippen LogP contribution < -0.4 is 5.32 Å². The van der Waals surface area contributed by atoms with Gasteiger partial charge in [0.15, 0.2) is 0 Å². The lowest BCUT2D eigenvalue weighted by atomic mass is 10.0. The van der Waals surface area contributed by atoms with Crippen molar-refractivity contribution in [1.29, 1.82) is 0 Å². The minimum Gasteiger partial charge on any atom is -0.395 e. The number of rotatable bonds is 6. The van der Waals surface area contributed by atoms with Crippen LogP contribution in [0.15, 0.2) is 18.2 Å². The molecule has 1 rings (SSSR count). The molecule has 0 radical (unpaired) electrons. The van der Waals surface area contributed by atoms with E-state index in [1.165, 1.54) is 16.7 Å². The van der Waals surface area contributed by atoms with Crippen LogP contribution in [0, 0.1) is 19.8 Å². The van der Waals surface area contributed by atoms with Crippen LogP contribution in [0.5, 0.6) is 0 Å². The zero-order chi connectivity index (χ0) is 12.8. The number of aliphatic hydroxyl groups is 1. The minimum atomic E-state index is 0.203. The van der Waals surface area contributed by atoms with Crippen LogP contribution in [0.1, 0.15) is 37.0 Å². The van der Waals surface area contributed by atoms with E-state index in [0.717, 1.165) is 13.0 Å². The summed E-state index contributed by atoms with van der Waals surface area (Å²) in [6.07, 6.45) is 1.02. The first-order valence-corrected chi connectivity index (χ1v) is 6.44. The highest BCUT2D eigenvalue weighted by Gasteiger charge is 2.10. The second kappa shape index (κ2) is 6.77. The van der Waals surface area contributed by atoms with Crippen molar-refractivity contribution in [2.24, 2.45) is 5.92 Å². The number of nitrogens with one attached hydrogen (secondary N) is 1. The van der Waals surface area contributed by atoms with E-state index in [1.807, 2.05) is 0 Å². The molecule has 0 saturated heterocycles. The Morgan fingerprint density at radius 3 is 2.24 bits per heavy atom. The third kappa shape index (κ3) is 4.49. The normalized spacial score (nSPS) is 13.1. The van der Waals surface area contributed by atoms with Crippen molar-refractivity contribution in [3.63, 3.8) is 0 Å². The Kier molecular flexibility index (Phi) is 5.66. The van der Waals surface area contributed by atoms with Crippen molar-refractivity contribution in [3.8, 4) is 0 Å². The van der Waals surface area contributed by atoms with Gasteiger partial charge in [0.1, 0.15) is 0 Å². The van der Waals surface area contributed by atoms with Gasteiger partial charge in [-0.2, -0.15) is 0 Å². The van der Waals surface area contributed by atoms with Gasteiger partial charge in [0.2, 0.25) is 0 Å². The smallest absolute Gasteiger partial charge is 0.0584 e. The van der Waals surface area contributed by atoms with Gasteiger partial charge in [-0.05, 0) is 42.9 Å². The third-order valence-electron chi connectivity index (χ3n) is 3.19. The zero-order valence-electron chi connectivity index (χ0n) is 11.5. The molecule has 0 saturated carbocycles. The molecule has 17 heavy (non-hydrogen) atoms. The van der Waals surface area contributed by atoms with Gasteiger partial charge in [0.25, 0.3) is 0 Å². The first-order chi connectivity index (χ1) is 8.04. The van der Waals surface area contributed by atoms with Crippen LogP contribution in [-0.4, -0.2) is 17.8 Å². The molecule has 1 unspecified atom stereocenters. The molecule has 0 bridgehead atoms. The standard InChI is InChI=1S/C15H25NO/c1-11(2)8-14(10-17)16-9-15-12(3)6-5-7-13(15)4/h5-7,11,14,16-17H,8-10H2,1-4H3. The molecule has 0 aliphatic rings. The number of hydrogen-bond donors (Lipinski definition) is 2. The fourth-order valence-electron chi connectivity index (χ4n) is 2.17. The molecule has 96 valence electrons. The van der Waals surface area contributed by atoms with Gasteiger partial charge in [-0.25, -0.2) is 0 Å². The van der Waals surface area contributed by atoms with E-state index in [2.05, 4.69) is 51.2 Å². The average Bonchev–Trinajstić information content (AvgIpc) is 2.26. The lowest BCUT2D eigenvalue weighted by molar-refractivity contribution is 0.223. The van der Waals surface area contributed by atoms with Gasteiger partial charge in [-0.1, -0.05) is 32.0 Å². The van der Waals surface area contributed by atoms with Crippen LogP contribution in [0.4, 0.5) is 0 Å². The summed E-state index contributed by atoms with van der Waals surface area (Å²) in [7, 11) is 0. The molecule has 0 aliphatic carbocycles. The third-order valence-corrected chi connectivity index (χ3v) is 3.19. The van der Waals surface area contributed by atoms with Crippen LogP contribution in [0.2, 0.25) is 0 Å². The summed E-state index contributed by atoms with van der Waals surface area (Å²) in [5, 5.41) is 12.8. The Morgan fingerprint density at radius 1 is 1.18 bits per heavy atom. The van der Waals surface area contributed by atoms with E-state index >= 15 is 0 Å². The molecule has 2 nitrogen and oxygen atoms in total. The molecule has 2 N–H and O–H groups in total. The summed E-state index contributed by atoms with van der Waals surface area (Å²) >= 11 is 0. The molecule has 0 amide bonds. The van der Waals surface area contributed by atoms with Gasteiger partial charge in [0.05, 0.1) is 6.61 Å². The maximum Gasteiger partial charge on any atom is 0.0584 e. The quantitative estimate of drug-likeness (QED) is 0.794. The summed E-state index contributed by atoms with van der Waals surface area (Å²) in [6.45, 7) is 9.70. The van der Waals surface area contributed by atoms with Gasteiger partial charge in [-0.3, -0.25) is 0 Å². The minimum absolute atomic E-state index is 0.203. The fourth-order valence-corrected chi connectivity index (χ4v) is 2.17. The maximum atomic E-state index is 9.33. The van der Waals surface area contributed by atoms with Crippen LogP contribution in [0.3, 0.4) is 0 Å². The van der Waals surface area contributed by atoms with Gasteiger partial charge >= 0.3 is 0 Å². The summed E-state index contributed by atoms with van der Waals surface area (Å²) in [6, 6.07) is 6.57. The van der Waals surface area contributed by atoms with Crippen molar-refractivity contribution < 1.29 is 5.11 Å². The highest BCUT2D eigenvalue weighted by molar-refractivity contribution is 5.33. The first kappa shape index (κ1) is 14.2. The molecule has 0 heterocycles.